The number of hydrogen-bond acceptors (Lipinski definition) is 10. The zero-order valence-corrected chi connectivity index (χ0v) is 26.3. The predicted molar refractivity (Wildman–Crippen MR) is 167 cm³/mol. The first-order valence-corrected chi connectivity index (χ1v) is 16.0. The second-order valence-electron chi connectivity index (χ2n) is 10.8. The monoisotopic (exact) mass is 633 g/mol. The van der Waals surface area contributed by atoms with Crippen LogP contribution in [0.25, 0.3) is 0 Å². The molecule has 1 amide bonds. The summed E-state index contributed by atoms with van der Waals surface area (Å²) in [6.45, 7) is 3.87. The number of rotatable bonds is 13. The standard InChI is InChI=1S/C34H35NO9S/c1-21(36)41-24-11-14-27-30(19-24)43-31-20-25(42-22(2)37)12-15-28(31)34(27)29-18-23(10-13-26(29)33(39)44-34)32(38)35-16-8-6-4-5-7-9-17-40-45-3/h10-15,18-20H,4-9,16-17H2,1-3H3,(H,35,38). The maximum Gasteiger partial charge on any atom is 0.340 e. The topological polar surface area (TPSA) is 126 Å². The van der Waals surface area contributed by atoms with Crippen molar-refractivity contribution in [1.82, 2.24) is 5.32 Å². The summed E-state index contributed by atoms with van der Waals surface area (Å²) >= 11 is 1.39. The fourth-order valence-corrected chi connectivity index (χ4v) is 5.95. The lowest BCUT2D eigenvalue weighted by molar-refractivity contribution is -0.132. The number of nitrogens with one attached hydrogen (secondary N) is 1. The lowest BCUT2D eigenvalue weighted by atomic mass is 9.77. The Balaban J connectivity index is 1.41. The maximum absolute atomic E-state index is 13.3. The van der Waals surface area contributed by atoms with Gasteiger partial charge in [0.1, 0.15) is 23.0 Å². The number of unbranched alkanes of at least 4 members (excludes halogenated alkanes) is 5. The van der Waals surface area contributed by atoms with Crippen molar-refractivity contribution in [3.63, 3.8) is 0 Å². The molecule has 10 nitrogen and oxygen atoms in total. The molecule has 11 heteroatoms. The van der Waals surface area contributed by atoms with Crippen molar-refractivity contribution < 1.29 is 42.3 Å². The molecule has 0 unspecified atom stereocenters. The van der Waals surface area contributed by atoms with Crippen LogP contribution in [0.1, 0.15) is 89.8 Å². The van der Waals surface area contributed by atoms with Crippen molar-refractivity contribution in [2.45, 2.75) is 58.0 Å². The lowest BCUT2D eigenvalue weighted by Crippen LogP contribution is -2.33. The fourth-order valence-electron chi connectivity index (χ4n) is 5.66. The summed E-state index contributed by atoms with van der Waals surface area (Å²) in [4.78, 5) is 49.9. The molecule has 0 aromatic heterocycles. The summed E-state index contributed by atoms with van der Waals surface area (Å²) in [5.41, 5.74) is 0.642. The Hall–Kier alpha value is -4.35. The second-order valence-corrected chi connectivity index (χ2v) is 11.4. The van der Waals surface area contributed by atoms with Crippen LogP contribution in [0.2, 0.25) is 0 Å². The van der Waals surface area contributed by atoms with E-state index >= 15 is 0 Å². The van der Waals surface area contributed by atoms with Gasteiger partial charge in [0.25, 0.3) is 5.91 Å². The van der Waals surface area contributed by atoms with Gasteiger partial charge in [0, 0.05) is 61.0 Å². The third-order valence-corrected chi connectivity index (χ3v) is 7.99. The van der Waals surface area contributed by atoms with Crippen molar-refractivity contribution in [2.75, 3.05) is 19.4 Å². The van der Waals surface area contributed by atoms with E-state index in [0.717, 1.165) is 45.1 Å². The molecule has 0 atom stereocenters. The normalized spacial score (nSPS) is 13.6. The summed E-state index contributed by atoms with van der Waals surface area (Å²) < 4.78 is 28.2. The number of hydrogen-bond donors (Lipinski definition) is 1. The van der Waals surface area contributed by atoms with E-state index in [4.69, 9.17) is 23.1 Å². The SMILES string of the molecule is CSOCCCCCCCCNC(=O)c1ccc2c(c1)C1(OC2=O)c2ccc(OC(C)=O)cc2Oc2cc(OC(C)=O)ccc21. The molecule has 0 fully saturated rings. The zero-order chi connectivity index (χ0) is 32.0. The van der Waals surface area contributed by atoms with Gasteiger partial charge in [0.2, 0.25) is 0 Å². The molecule has 2 aliphatic rings. The van der Waals surface area contributed by atoms with Gasteiger partial charge >= 0.3 is 17.9 Å². The molecule has 236 valence electrons. The molecule has 2 heterocycles. The predicted octanol–water partition coefficient (Wildman–Crippen LogP) is 6.47. The average Bonchev–Trinajstić information content (AvgIpc) is 3.29. The highest BCUT2D eigenvalue weighted by Gasteiger charge is 2.54. The van der Waals surface area contributed by atoms with E-state index in [1.807, 2.05) is 6.26 Å². The lowest BCUT2D eigenvalue weighted by Gasteiger charge is -2.36. The Morgan fingerprint density at radius 1 is 0.778 bits per heavy atom. The number of ether oxygens (including phenoxy) is 4. The Labute approximate surface area is 265 Å². The van der Waals surface area contributed by atoms with E-state index in [1.165, 1.54) is 38.0 Å². The summed E-state index contributed by atoms with van der Waals surface area (Å²) in [7, 11) is 0. The molecule has 3 aromatic carbocycles. The molecule has 0 bridgehead atoms. The Kier molecular flexibility index (Phi) is 10.1. The fraction of sp³-hybridized carbons (Fsp3) is 0.353. The van der Waals surface area contributed by atoms with Gasteiger partial charge in [-0.2, -0.15) is 0 Å². The third kappa shape index (κ3) is 6.99. The maximum atomic E-state index is 13.3. The van der Waals surface area contributed by atoms with Crippen molar-refractivity contribution in [2.24, 2.45) is 0 Å². The molecule has 3 aromatic rings. The van der Waals surface area contributed by atoms with Crippen LogP contribution in [0, 0.1) is 0 Å². The van der Waals surface area contributed by atoms with Crippen LogP contribution < -0.4 is 19.5 Å². The number of carbonyl (C=O) groups is 4. The van der Waals surface area contributed by atoms with E-state index in [9.17, 15) is 19.2 Å². The summed E-state index contributed by atoms with van der Waals surface area (Å²) in [6, 6.07) is 14.4. The van der Waals surface area contributed by atoms with Crippen LogP contribution in [0.4, 0.5) is 0 Å². The van der Waals surface area contributed by atoms with Gasteiger partial charge < -0.3 is 28.4 Å². The van der Waals surface area contributed by atoms with E-state index in [0.29, 0.717) is 34.4 Å². The van der Waals surface area contributed by atoms with Gasteiger partial charge in [-0.25, -0.2) is 4.79 Å². The average molecular weight is 634 g/mol. The number of benzene rings is 3. The molecule has 0 aliphatic carbocycles. The van der Waals surface area contributed by atoms with Gasteiger partial charge in [-0.3, -0.25) is 14.4 Å². The highest BCUT2D eigenvalue weighted by Crippen LogP contribution is 2.57. The first-order valence-electron chi connectivity index (χ1n) is 14.9. The van der Waals surface area contributed by atoms with Crippen molar-refractivity contribution in [3.05, 3.63) is 82.4 Å². The molecule has 2 aliphatic heterocycles. The first kappa shape index (κ1) is 32.1. The van der Waals surface area contributed by atoms with Crippen LogP contribution in [-0.2, 0) is 24.1 Å². The highest BCUT2D eigenvalue weighted by atomic mass is 32.2. The minimum absolute atomic E-state index is 0.235. The number of fused-ring (bicyclic) bond motifs is 6. The van der Waals surface area contributed by atoms with Crippen molar-refractivity contribution in [3.8, 4) is 23.0 Å². The van der Waals surface area contributed by atoms with Crippen LogP contribution >= 0.6 is 12.0 Å². The van der Waals surface area contributed by atoms with E-state index in [1.54, 1.807) is 42.5 Å². The molecule has 0 saturated heterocycles. The second kappa shape index (κ2) is 14.2. The summed E-state index contributed by atoms with van der Waals surface area (Å²) in [6.07, 6.45) is 8.18. The van der Waals surface area contributed by atoms with E-state index in [2.05, 4.69) is 5.32 Å². The Morgan fingerprint density at radius 2 is 1.38 bits per heavy atom. The Morgan fingerprint density at radius 3 is 1.98 bits per heavy atom. The number of carbonyl (C=O) groups excluding carboxylic acids is 4. The van der Waals surface area contributed by atoms with Crippen molar-refractivity contribution >= 4 is 35.9 Å². The number of esters is 3. The Bertz CT molecular complexity index is 1550. The smallest absolute Gasteiger partial charge is 0.340 e. The van der Waals surface area contributed by atoms with Gasteiger partial charge in [-0.1, -0.05) is 25.7 Å². The number of amides is 1. The van der Waals surface area contributed by atoms with Gasteiger partial charge in [-0.05, 0) is 67.3 Å². The van der Waals surface area contributed by atoms with Crippen molar-refractivity contribution in [1.29, 1.82) is 0 Å². The first-order chi connectivity index (χ1) is 21.7. The quantitative estimate of drug-likeness (QED) is 0.0969. The molecule has 5 rings (SSSR count). The van der Waals surface area contributed by atoms with Gasteiger partial charge in [0.15, 0.2) is 5.60 Å². The third-order valence-electron chi connectivity index (χ3n) is 7.59. The van der Waals surface area contributed by atoms with Crippen LogP contribution in [-0.4, -0.2) is 43.2 Å². The molecular formula is C34H35NO9S. The van der Waals surface area contributed by atoms with Crippen LogP contribution in [0.3, 0.4) is 0 Å². The molecule has 45 heavy (non-hydrogen) atoms. The minimum Gasteiger partial charge on any atom is -0.456 e. The molecular weight excluding hydrogens is 598 g/mol. The van der Waals surface area contributed by atoms with E-state index < -0.39 is 23.5 Å². The minimum atomic E-state index is -1.48. The van der Waals surface area contributed by atoms with Crippen LogP contribution in [0.5, 0.6) is 23.0 Å². The summed E-state index contributed by atoms with van der Waals surface area (Å²) in [5, 5.41) is 2.99. The highest BCUT2D eigenvalue weighted by molar-refractivity contribution is 7.93. The van der Waals surface area contributed by atoms with Gasteiger partial charge in [0.05, 0.1) is 12.2 Å². The largest absolute Gasteiger partial charge is 0.456 e. The zero-order valence-electron chi connectivity index (χ0n) is 25.4. The van der Waals surface area contributed by atoms with Crippen LogP contribution in [0.15, 0.2) is 54.6 Å². The molecule has 0 saturated carbocycles. The molecule has 1 N–H and O–H groups in total. The van der Waals surface area contributed by atoms with E-state index in [-0.39, 0.29) is 28.9 Å². The summed E-state index contributed by atoms with van der Waals surface area (Å²) in [5.74, 6) is -0.835. The molecule has 0 radical (unpaired) electrons. The van der Waals surface area contributed by atoms with Gasteiger partial charge in [-0.15, -0.1) is 0 Å². The molecule has 1 spiro atoms.